The first-order valence-corrected chi connectivity index (χ1v) is 14.2. The lowest BCUT2D eigenvalue weighted by Gasteiger charge is -2.38. The molecule has 0 spiro atoms. The van der Waals surface area contributed by atoms with Crippen molar-refractivity contribution in [2.75, 3.05) is 32.5 Å². The third-order valence-corrected chi connectivity index (χ3v) is 9.31. The molecule has 2 aliphatic rings. The number of carboxylic acids is 1. The van der Waals surface area contributed by atoms with Crippen LogP contribution < -0.4 is 4.74 Å². The summed E-state index contributed by atoms with van der Waals surface area (Å²) >= 11 is 8.47. The number of thioether (sulfide) groups is 1. The second-order valence-corrected chi connectivity index (χ2v) is 11.7. The first kappa shape index (κ1) is 26.5. The highest BCUT2D eigenvalue weighted by Crippen LogP contribution is 2.39. The Hall–Kier alpha value is -1.57. The summed E-state index contributed by atoms with van der Waals surface area (Å²) in [6, 6.07) is 5.40. The minimum Gasteiger partial charge on any atom is -0.497 e. The first-order chi connectivity index (χ1) is 16.9. The summed E-state index contributed by atoms with van der Waals surface area (Å²) in [5, 5.41) is 11.3. The number of nitrogens with zero attached hydrogens (tertiary/aromatic N) is 2. The van der Waals surface area contributed by atoms with Crippen molar-refractivity contribution in [3.05, 3.63) is 35.0 Å². The van der Waals surface area contributed by atoms with Crippen LogP contribution in [0.1, 0.15) is 63.1 Å². The van der Waals surface area contributed by atoms with Gasteiger partial charge in [-0.15, -0.1) is 0 Å². The molecule has 1 saturated carbocycles. The molecule has 2 fully saturated rings. The van der Waals surface area contributed by atoms with E-state index in [1.807, 2.05) is 6.07 Å². The predicted molar refractivity (Wildman–Crippen MR) is 141 cm³/mol. The van der Waals surface area contributed by atoms with Crippen LogP contribution in [0.4, 0.5) is 4.39 Å². The summed E-state index contributed by atoms with van der Waals surface area (Å²) in [5.74, 6) is 1.22. The molecule has 1 aliphatic heterocycles. The van der Waals surface area contributed by atoms with E-state index in [4.69, 9.17) is 16.3 Å². The zero-order valence-corrected chi connectivity index (χ0v) is 22.0. The maximum absolute atomic E-state index is 15.6. The molecule has 0 radical (unpaired) electrons. The van der Waals surface area contributed by atoms with E-state index in [-0.39, 0.29) is 18.3 Å². The Bertz CT molecular complexity index is 1000. The van der Waals surface area contributed by atoms with Crippen LogP contribution >= 0.6 is 23.4 Å². The van der Waals surface area contributed by atoms with E-state index in [0.29, 0.717) is 40.1 Å². The van der Waals surface area contributed by atoms with Crippen molar-refractivity contribution in [3.63, 3.8) is 0 Å². The topological polar surface area (TPSA) is 62.7 Å². The number of alkyl halides is 1. The summed E-state index contributed by atoms with van der Waals surface area (Å²) in [6.45, 7) is 2.75. The van der Waals surface area contributed by atoms with E-state index in [9.17, 15) is 9.90 Å². The predicted octanol–water partition coefficient (Wildman–Crippen LogP) is 6.78. The number of hydrogen-bond donors (Lipinski definition) is 1. The number of fused-ring (bicyclic) bond motifs is 1. The summed E-state index contributed by atoms with van der Waals surface area (Å²) in [6.07, 6.45) is 7.66. The first-order valence-electron chi connectivity index (χ1n) is 12.8. The number of benzene rings is 1. The second kappa shape index (κ2) is 12.6. The SMILES string of the molecule is COc1ccc2ncc(Cl)c([C@H](F)CCC3CCN(CCSC4CCCC4)CC3CC(=O)O)c2c1. The lowest BCUT2D eigenvalue weighted by molar-refractivity contribution is -0.139. The monoisotopic (exact) mass is 522 g/mol. The van der Waals surface area contributed by atoms with Gasteiger partial charge in [0.1, 0.15) is 11.9 Å². The lowest BCUT2D eigenvalue weighted by Crippen LogP contribution is -2.42. The third-order valence-electron chi connectivity index (χ3n) is 7.65. The van der Waals surface area contributed by atoms with Gasteiger partial charge in [-0.2, -0.15) is 11.8 Å². The number of methoxy groups -OCH3 is 1. The molecule has 1 saturated heterocycles. The zero-order valence-electron chi connectivity index (χ0n) is 20.4. The van der Waals surface area contributed by atoms with Crippen LogP contribution in [0.2, 0.25) is 5.02 Å². The minimum atomic E-state index is -1.24. The molecule has 2 unspecified atom stereocenters. The maximum atomic E-state index is 15.6. The average Bonchev–Trinajstić information content (AvgIpc) is 3.36. The van der Waals surface area contributed by atoms with Crippen LogP contribution in [-0.4, -0.2) is 58.7 Å². The number of halogens is 2. The molecule has 1 aromatic carbocycles. The standard InChI is InChI=1S/C27H36ClFN2O3S/c1-34-20-7-9-25-22(15-20)27(23(28)16-30-25)24(29)8-6-18-10-11-31(17-19(18)14-26(32)33)12-13-35-21-4-2-3-5-21/h7,9,15-16,18-19,21,24H,2-6,8,10-14,17H2,1H3,(H,32,33)/t18?,19?,24-/m1/s1. The van der Waals surface area contributed by atoms with Gasteiger partial charge in [0, 0.05) is 47.7 Å². The number of aromatic nitrogens is 1. The Morgan fingerprint density at radius 3 is 2.86 bits per heavy atom. The number of pyridine rings is 1. The summed E-state index contributed by atoms with van der Waals surface area (Å²) in [4.78, 5) is 18.3. The quantitative estimate of drug-likeness (QED) is 0.351. The number of carbonyl (C=O) groups is 1. The average molecular weight is 523 g/mol. The molecule has 4 rings (SSSR count). The van der Waals surface area contributed by atoms with Gasteiger partial charge in [0.25, 0.3) is 0 Å². The molecular weight excluding hydrogens is 487 g/mol. The molecule has 2 aromatic rings. The molecule has 1 aliphatic carbocycles. The van der Waals surface area contributed by atoms with E-state index < -0.39 is 12.1 Å². The van der Waals surface area contributed by atoms with Gasteiger partial charge in [0.2, 0.25) is 0 Å². The van der Waals surface area contributed by atoms with Crippen molar-refractivity contribution >= 4 is 40.2 Å². The van der Waals surface area contributed by atoms with Gasteiger partial charge >= 0.3 is 5.97 Å². The van der Waals surface area contributed by atoms with Crippen molar-refractivity contribution in [2.24, 2.45) is 11.8 Å². The molecule has 5 nitrogen and oxygen atoms in total. The number of hydrogen-bond acceptors (Lipinski definition) is 5. The normalized spacial score (nSPS) is 22.5. The van der Waals surface area contributed by atoms with Gasteiger partial charge in [0.15, 0.2) is 0 Å². The highest BCUT2D eigenvalue weighted by molar-refractivity contribution is 7.99. The molecule has 1 N–H and O–H groups in total. The van der Waals surface area contributed by atoms with Gasteiger partial charge in [-0.25, -0.2) is 4.39 Å². The fourth-order valence-corrected chi connectivity index (χ4v) is 7.35. The van der Waals surface area contributed by atoms with Gasteiger partial charge in [-0.05, 0) is 68.7 Å². The maximum Gasteiger partial charge on any atom is 0.303 e. The summed E-state index contributed by atoms with van der Waals surface area (Å²) in [5.41, 5.74) is 1.13. The van der Waals surface area contributed by atoms with E-state index in [0.717, 1.165) is 37.1 Å². The Morgan fingerprint density at radius 1 is 1.31 bits per heavy atom. The number of carboxylic acid groups (broad SMARTS) is 1. The van der Waals surface area contributed by atoms with E-state index in [2.05, 4.69) is 21.6 Å². The zero-order chi connectivity index (χ0) is 24.8. The van der Waals surface area contributed by atoms with Crippen LogP contribution in [0, 0.1) is 11.8 Å². The fourth-order valence-electron chi connectivity index (χ4n) is 5.72. The molecule has 0 bridgehead atoms. The van der Waals surface area contributed by atoms with Gasteiger partial charge in [-0.3, -0.25) is 9.78 Å². The molecule has 0 amide bonds. The molecule has 2 heterocycles. The number of piperidine rings is 1. The second-order valence-electron chi connectivity index (χ2n) is 9.93. The van der Waals surface area contributed by atoms with E-state index in [1.165, 1.54) is 31.9 Å². The molecule has 1 aromatic heterocycles. The van der Waals surface area contributed by atoms with Crippen LogP contribution in [0.5, 0.6) is 5.75 Å². The van der Waals surface area contributed by atoms with Crippen molar-refractivity contribution in [1.82, 2.24) is 9.88 Å². The highest BCUT2D eigenvalue weighted by Gasteiger charge is 2.32. The fraction of sp³-hybridized carbons (Fsp3) is 0.630. The molecule has 8 heteroatoms. The molecule has 192 valence electrons. The van der Waals surface area contributed by atoms with E-state index >= 15 is 4.39 Å². The Labute approximate surface area is 216 Å². The Balaban J connectivity index is 1.37. The Kier molecular flexibility index (Phi) is 9.53. The largest absolute Gasteiger partial charge is 0.497 e. The summed E-state index contributed by atoms with van der Waals surface area (Å²) in [7, 11) is 1.58. The lowest BCUT2D eigenvalue weighted by atomic mass is 9.79. The number of ether oxygens (including phenoxy) is 1. The van der Waals surface area contributed by atoms with Crippen LogP contribution in [0.25, 0.3) is 10.9 Å². The number of likely N-dealkylation sites (tertiary alicyclic amines) is 1. The number of rotatable bonds is 11. The minimum absolute atomic E-state index is 0.0506. The molecule has 35 heavy (non-hydrogen) atoms. The van der Waals surface area contributed by atoms with Gasteiger partial charge < -0.3 is 14.7 Å². The van der Waals surface area contributed by atoms with Crippen molar-refractivity contribution in [2.45, 2.75) is 62.8 Å². The van der Waals surface area contributed by atoms with Crippen LogP contribution in [0.15, 0.2) is 24.4 Å². The van der Waals surface area contributed by atoms with Crippen molar-refractivity contribution < 1.29 is 19.0 Å². The third kappa shape index (κ3) is 7.01. The van der Waals surface area contributed by atoms with Crippen LogP contribution in [0.3, 0.4) is 0 Å². The van der Waals surface area contributed by atoms with E-state index in [1.54, 1.807) is 19.2 Å². The van der Waals surface area contributed by atoms with Crippen molar-refractivity contribution in [3.8, 4) is 5.75 Å². The molecular formula is C27H36ClFN2O3S. The highest BCUT2D eigenvalue weighted by atomic mass is 35.5. The van der Waals surface area contributed by atoms with Crippen molar-refractivity contribution in [1.29, 1.82) is 0 Å². The van der Waals surface area contributed by atoms with Gasteiger partial charge in [-0.1, -0.05) is 24.4 Å². The number of aliphatic carboxylic acids is 1. The summed E-state index contributed by atoms with van der Waals surface area (Å²) < 4.78 is 20.9. The van der Waals surface area contributed by atoms with Crippen LogP contribution in [-0.2, 0) is 4.79 Å². The Morgan fingerprint density at radius 2 is 2.11 bits per heavy atom. The van der Waals surface area contributed by atoms with Gasteiger partial charge in [0.05, 0.1) is 17.6 Å². The molecule has 3 atom stereocenters. The smallest absolute Gasteiger partial charge is 0.303 e.